The first kappa shape index (κ1) is 13.0. The Kier molecular flexibility index (Phi) is 3.98. The molecule has 0 aromatic rings. The third kappa shape index (κ3) is 2.92. The molecule has 18 heavy (non-hydrogen) atoms. The fourth-order valence-electron chi connectivity index (χ4n) is 4.49. The minimum absolute atomic E-state index is 0.816. The van der Waals surface area contributed by atoms with Crippen LogP contribution in [-0.2, 0) is 0 Å². The third-order valence-corrected chi connectivity index (χ3v) is 6.16. The van der Waals surface area contributed by atoms with Crippen LogP contribution in [0.2, 0.25) is 0 Å². The highest BCUT2D eigenvalue weighted by Crippen LogP contribution is 2.44. The van der Waals surface area contributed by atoms with Gasteiger partial charge in [0.25, 0.3) is 0 Å². The summed E-state index contributed by atoms with van der Waals surface area (Å²) in [5.41, 5.74) is 0. The van der Waals surface area contributed by atoms with Crippen LogP contribution in [0.3, 0.4) is 0 Å². The molecule has 3 aliphatic carbocycles. The van der Waals surface area contributed by atoms with Crippen molar-refractivity contribution in [3.8, 4) is 0 Å². The normalized spacial score (nSPS) is 46.0. The van der Waals surface area contributed by atoms with Gasteiger partial charge in [0.2, 0.25) is 0 Å². The van der Waals surface area contributed by atoms with Gasteiger partial charge in [-0.1, -0.05) is 39.5 Å². The van der Waals surface area contributed by atoms with Crippen LogP contribution in [0.25, 0.3) is 0 Å². The van der Waals surface area contributed by atoms with E-state index in [-0.39, 0.29) is 0 Å². The third-order valence-electron chi connectivity index (χ3n) is 6.16. The Morgan fingerprint density at radius 1 is 0.778 bits per heavy atom. The zero-order valence-electron chi connectivity index (χ0n) is 12.3. The van der Waals surface area contributed by atoms with Crippen LogP contribution in [0.15, 0.2) is 0 Å². The van der Waals surface area contributed by atoms with Crippen LogP contribution < -0.4 is 5.32 Å². The zero-order valence-corrected chi connectivity index (χ0v) is 12.3. The molecule has 0 amide bonds. The van der Waals surface area contributed by atoms with Gasteiger partial charge in [-0.3, -0.25) is 0 Å². The van der Waals surface area contributed by atoms with Crippen molar-refractivity contribution >= 4 is 0 Å². The van der Waals surface area contributed by atoms with Crippen LogP contribution in [0.5, 0.6) is 0 Å². The molecule has 0 heterocycles. The molecule has 1 N–H and O–H groups in total. The van der Waals surface area contributed by atoms with Crippen molar-refractivity contribution in [3.05, 3.63) is 0 Å². The molecular weight excluding hydrogens is 218 g/mol. The molecular formula is C17H31N. The van der Waals surface area contributed by atoms with Crippen LogP contribution in [-0.4, -0.2) is 12.1 Å². The summed E-state index contributed by atoms with van der Waals surface area (Å²) in [5, 5.41) is 4.05. The first-order valence-corrected chi connectivity index (χ1v) is 8.50. The van der Waals surface area contributed by atoms with E-state index in [2.05, 4.69) is 19.2 Å². The van der Waals surface area contributed by atoms with Gasteiger partial charge in [-0.25, -0.2) is 0 Å². The van der Waals surface area contributed by atoms with Gasteiger partial charge in [-0.2, -0.15) is 0 Å². The van der Waals surface area contributed by atoms with E-state index in [1.807, 2.05) is 0 Å². The number of nitrogens with one attached hydrogen (secondary N) is 1. The Morgan fingerprint density at radius 2 is 1.56 bits per heavy atom. The lowest BCUT2D eigenvalue weighted by molar-refractivity contribution is 0.166. The molecule has 1 heteroatoms. The summed E-state index contributed by atoms with van der Waals surface area (Å²) in [4.78, 5) is 0. The average Bonchev–Trinajstić information content (AvgIpc) is 3.20. The van der Waals surface area contributed by atoms with Gasteiger partial charge >= 0.3 is 0 Å². The van der Waals surface area contributed by atoms with Gasteiger partial charge in [0.05, 0.1) is 0 Å². The van der Waals surface area contributed by atoms with Crippen LogP contribution in [0.4, 0.5) is 0 Å². The Morgan fingerprint density at radius 3 is 2.33 bits per heavy atom. The summed E-state index contributed by atoms with van der Waals surface area (Å²) in [6.07, 6.45) is 13.3. The topological polar surface area (TPSA) is 12.0 Å². The van der Waals surface area contributed by atoms with E-state index >= 15 is 0 Å². The largest absolute Gasteiger partial charge is 0.311 e. The van der Waals surface area contributed by atoms with E-state index in [4.69, 9.17) is 0 Å². The summed E-state index contributed by atoms with van der Waals surface area (Å²) < 4.78 is 0. The monoisotopic (exact) mass is 249 g/mol. The van der Waals surface area contributed by atoms with Gasteiger partial charge in [0.1, 0.15) is 0 Å². The summed E-state index contributed by atoms with van der Waals surface area (Å²) >= 11 is 0. The SMILES string of the molecule is CC1CCCC(NC2CCCC(C3CC3)C2)C1C. The van der Waals surface area contributed by atoms with Crippen molar-refractivity contribution < 1.29 is 0 Å². The van der Waals surface area contributed by atoms with Crippen LogP contribution >= 0.6 is 0 Å². The first-order valence-electron chi connectivity index (χ1n) is 8.50. The van der Waals surface area contributed by atoms with Crippen molar-refractivity contribution in [2.75, 3.05) is 0 Å². The number of hydrogen-bond donors (Lipinski definition) is 1. The van der Waals surface area contributed by atoms with Crippen LogP contribution in [0.1, 0.15) is 71.6 Å². The second-order valence-electron chi connectivity index (χ2n) is 7.50. The maximum Gasteiger partial charge on any atom is 0.00978 e. The lowest BCUT2D eigenvalue weighted by atomic mass is 9.76. The average molecular weight is 249 g/mol. The first-order chi connectivity index (χ1) is 8.74. The Labute approximate surface area is 113 Å². The molecule has 104 valence electrons. The highest BCUT2D eigenvalue weighted by molar-refractivity contribution is 4.91. The fraction of sp³-hybridized carbons (Fsp3) is 1.00. The number of hydrogen-bond acceptors (Lipinski definition) is 1. The molecule has 0 spiro atoms. The van der Waals surface area contributed by atoms with Gasteiger partial charge in [0.15, 0.2) is 0 Å². The van der Waals surface area contributed by atoms with E-state index in [1.54, 1.807) is 0 Å². The Hall–Kier alpha value is -0.0400. The van der Waals surface area contributed by atoms with Gasteiger partial charge in [-0.15, -0.1) is 0 Å². The molecule has 3 rings (SSSR count). The lowest BCUT2D eigenvalue weighted by Gasteiger charge is -2.39. The van der Waals surface area contributed by atoms with Crippen LogP contribution in [0, 0.1) is 23.7 Å². The van der Waals surface area contributed by atoms with E-state index < -0.39 is 0 Å². The molecule has 0 aliphatic heterocycles. The summed E-state index contributed by atoms with van der Waals surface area (Å²) in [5.74, 6) is 4.02. The van der Waals surface area contributed by atoms with Crippen molar-refractivity contribution in [2.24, 2.45) is 23.7 Å². The lowest BCUT2D eigenvalue weighted by Crippen LogP contribution is -2.47. The molecule has 5 unspecified atom stereocenters. The van der Waals surface area contributed by atoms with E-state index in [0.717, 1.165) is 35.8 Å². The molecule has 5 atom stereocenters. The molecule has 0 saturated heterocycles. The molecule has 0 aromatic heterocycles. The molecule has 0 radical (unpaired) electrons. The second-order valence-corrected chi connectivity index (χ2v) is 7.50. The summed E-state index contributed by atoms with van der Waals surface area (Å²) in [6, 6.07) is 1.67. The van der Waals surface area contributed by atoms with E-state index in [1.165, 1.54) is 57.8 Å². The summed E-state index contributed by atoms with van der Waals surface area (Å²) in [6.45, 7) is 4.93. The molecule has 3 aliphatic rings. The van der Waals surface area contributed by atoms with Gasteiger partial charge < -0.3 is 5.32 Å². The minimum atomic E-state index is 0.816. The zero-order chi connectivity index (χ0) is 12.5. The molecule has 1 nitrogen and oxygen atoms in total. The standard InChI is InChI=1S/C17H31N/c1-12-5-3-8-17(13(12)2)18-16-7-4-6-15(11-16)14-9-10-14/h12-18H,3-11H2,1-2H3. The molecule has 0 bridgehead atoms. The maximum atomic E-state index is 4.05. The highest BCUT2D eigenvalue weighted by atomic mass is 15.0. The van der Waals surface area contributed by atoms with Gasteiger partial charge in [-0.05, 0) is 55.8 Å². The van der Waals surface area contributed by atoms with Crippen molar-refractivity contribution in [1.82, 2.24) is 5.32 Å². The molecule has 3 fully saturated rings. The second kappa shape index (κ2) is 5.53. The van der Waals surface area contributed by atoms with Crippen molar-refractivity contribution in [1.29, 1.82) is 0 Å². The maximum absolute atomic E-state index is 4.05. The summed E-state index contributed by atoms with van der Waals surface area (Å²) in [7, 11) is 0. The van der Waals surface area contributed by atoms with Crippen molar-refractivity contribution in [3.63, 3.8) is 0 Å². The molecule has 3 saturated carbocycles. The smallest absolute Gasteiger partial charge is 0.00978 e. The van der Waals surface area contributed by atoms with E-state index in [0.29, 0.717) is 0 Å². The predicted molar refractivity (Wildman–Crippen MR) is 77.6 cm³/mol. The Bertz CT molecular complexity index is 271. The fourth-order valence-corrected chi connectivity index (χ4v) is 4.49. The molecule has 0 aromatic carbocycles. The predicted octanol–water partition coefficient (Wildman–Crippen LogP) is 4.37. The van der Waals surface area contributed by atoms with E-state index in [9.17, 15) is 0 Å². The highest BCUT2D eigenvalue weighted by Gasteiger charge is 2.36. The number of rotatable bonds is 3. The quantitative estimate of drug-likeness (QED) is 0.783. The van der Waals surface area contributed by atoms with Gasteiger partial charge in [0, 0.05) is 12.1 Å². The van der Waals surface area contributed by atoms with Crippen molar-refractivity contribution in [2.45, 2.75) is 83.7 Å². The Balaban J connectivity index is 1.51. The minimum Gasteiger partial charge on any atom is -0.311 e.